The fourth-order valence-electron chi connectivity index (χ4n) is 3.64. The molecule has 0 radical (unpaired) electrons. The molecule has 0 unspecified atom stereocenters. The summed E-state index contributed by atoms with van der Waals surface area (Å²) >= 11 is 0. The number of hydrogen-bond acceptors (Lipinski definition) is 5. The van der Waals surface area contributed by atoms with Crippen molar-refractivity contribution < 1.29 is 17.9 Å². The lowest BCUT2D eigenvalue weighted by atomic mass is 10.2. The van der Waals surface area contributed by atoms with Crippen LogP contribution in [0.25, 0.3) is 11.0 Å². The summed E-state index contributed by atoms with van der Waals surface area (Å²) in [5.74, 6) is 0.143. The molecule has 1 aromatic heterocycles. The third-order valence-corrected chi connectivity index (χ3v) is 7.20. The van der Waals surface area contributed by atoms with Crippen LogP contribution in [0.15, 0.2) is 81.3 Å². The molecule has 0 saturated heterocycles. The molecule has 1 heterocycles. The van der Waals surface area contributed by atoms with Crippen LogP contribution in [0, 0.1) is 0 Å². The molecule has 1 N–H and O–H groups in total. The smallest absolute Gasteiger partial charge is 0.328 e. The van der Waals surface area contributed by atoms with Gasteiger partial charge in [0.05, 0.1) is 33.1 Å². The van der Waals surface area contributed by atoms with Crippen LogP contribution in [0.3, 0.4) is 0 Å². The predicted octanol–water partition coefficient (Wildman–Crippen LogP) is 3.36. The molecule has 0 spiro atoms. The largest absolute Gasteiger partial charge is 0.494 e. The molecule has 0 aliphatic heterocycles. The summed E-state index contributed by atoms with van der Waals surface area (Å²) in [5.41, 5.74) is 1.06. The van der Waals surface area contributed by atoms with E-state index in [2.05, 4.69) is 5.32 Å². The van der Waals surface area contributed by atoms with Gasteiger partial charge in [-0.2, -0.15) is 0 Å². The second kappa shape index (κ2) is 8.59. The van der Waals surface area contributed by atoms with Crippen LogP contribution < -0.4 is 15.7 Å². The second-order valence-electron chi connectivity index (χ2n) is 7.47. The van der Waals surface area contributed by atoms with E-state index in [1.165, 1.54) is 33.4 Å². The molecule has 8 nitrogen and oxygen atoms in total. The van der Waals surface area contributed by atoms with E-state index < -0.39 is 15.7 Å². The van der Waals surface area contributed by atoms with Gasteiger partial charge in [0.15, 0.2) is 0 Å². The summed E-state index contributed by atoms with van der Waals surface area (Å²) in [4.78, 5) is 25.4. The summed E-state index contributed by atoms with van der Waals surface area (Å²) in [6.07, 6.45) is 0. The number of fused-ring (bicyclic) bond motifs is 1. The van der Waals surface area contributed by atoms with Crippen molar-refractivity contribution in [3.63, 3.8) is 0 Å². The lowest BCUT2D eigenvalue weighted by Crippen LogP contribution is -2.19. The molecular formula is C24H23N3O5S. The molecule has 4 rings (SSSR count). The number of aromatic nitrogens is 2. The zero-order valence-electron chi connectivity index (χ0n) is 18.4. The van der Waals surface area contributed by atoms with Crippen LogP contribution >= 0.6 is 0 Å². The highest BCUT2D eigenvalue weighted by Crippen LogP contribution is 2.32. The molecule has 0 fully saturated rings. The Hall–Kier alpha value is -3.85. The zero-order valence-corrected chi connectivity index (χ0v) is 19.2. The maximum atomic E-state index is 13.5. The molecule has 4 aromatic rings. The van der Waals surface area contributed by atoms with E-state index >= 15 is 0 Å². The van der Waals surface area contributed by atoms with Crippen molar-refractivity contribution in [1.29, 1.82) is 0 Å². The number of nitrogens with one attached hydrogen (secondary N) is 1. The van der Waals surface area contributed by atoms with Crippen molar-refractivity contribution in [2.24, 2.45) is 14.1 Å². The normalized spacial score (nSPS) is 11.5. The number of carbonyl (C=O) groups excluding carboxylic acids is 1. The molecular weight excluding hydrogens is 442 g/mol. The van der Waals surface area contributed by atoms with E-state index in [1.54, 1.807) is 56.6 Å². The van der Waals surface area contributed by atoms with E-state index in [-0.39, 0.29) is 21.2 Å². The van der Waals surface area contributed by atoms with Gasteiger partial charge in [-0.25, -0.2) is 13.2 Å². The standard InChI is InChI=1S/C24H23N3O5S/c1-4-32-17-12-10-16(11-13-17)23(28)25-19-14-20-21(27(3)24(29)26(20)2)15-22(19)33(30,31)18-8-6-5-7-9-18/h5-15H,4H2,1-3H3,(H,25,28). The first kappa shape index (κ1) is 22.3. The minimum Gasteiger partial charge on any atom is -0.494 e. The van der Waals surface area contributed by atoms with Crippen molar-refractivity contribution in [2.75, 3.05) is 11.9 Å². The Kier molecular flexibility index (Phi) is 5.82. The summed E-state index contributed by atoms with van der Waals surface area (Å²) in [6.45, 7) is 2.37. The molecule has 170 valence electrons. The monoisotopic (exact) mass is 465 g/mol. The molecule has 3 aromatic carbocycles. The van der Waals surface area contributed by atoms with Gasteiger partial charge in [0.1, 0.15) is 5.75 Å². The number of amides is 1. The summed E-state index contributed by atoms with van der Waals surface area (Å²) in [5, 5.41) is 2.72. The first-order valence-corrected chi connectivity index (χ1v) is 11.8. The van der Waals surface area contributed by atoms with E-state index in [4.69, 9.17) is 4.74 Å². The van der Waals surface area contributed by atoms with Gasteiger partial charge in [-0.15, -0.1) is 0 Å². The quantitative estimate of drug-likeness (QED) is 0.471. The number of hydrogen-bond donors (Lipinski definition) is 1. The first-order valence-electron chi connectivity index (χ1n) is 10.3. The molecule has 1 amide bonds. The van der Waals surface area contributed by atoms with E-state index in [0.29, 0.717) is 29.0 Å². The van der Waals surface area contributed by atoms with Gasteiger partial charge in [-0.3, -0.25) is 13.9 Å². The van der Waals surface area contributed by atoms with Crippen LogP contribution in [0.4, 0.5) is 5.69 Å². The molecule has 0 atom stereocenters. The number of nitrogens with zero attached hydrogens (tertiary/aromatic N) is 2. The fourth-order valence-corrected chi connectivity index (χ4v) is 5.07. The van der Waals surface area contributed by atoms with Crippen molar-refractivity contribution in [3.8, 4) is 5.75 Å². The van der Waals surface area contributed by atoms with Crippen molar-refractivity contribution >= 4 is 32.5 Å². The van der Waals surface area contributed by atoms with Gasteiger partial charge in [-0.1, -0.05) is 18.2 Å². The highest BCUT2D eigenvalue weighted by Gasteiger charge is 2.25. The van der Waals surface area contributed by atoms with Crippen LogP contribution in [-0.4, -0.2) is 30.1 Å². The number of aryl methyl sites for hydroxylation is 2. The lowest BCUT2D eigenvalue weighted by molar-refractivity contribution is 0.102. The molecule has 0 aliphatic rings. The van der Waals surface area contributed by atoms with E-state index in [9.17, 15) is 18.0 Å². The van der Waals surface area contributed by atoms with E-state index in [1.807, 2.05) is 6.92 Å². The third kappa shape index (κ3) is 4.03. The maximum absolute atomic E-state index is 13.5. The van der Waals surface area contributed by atoms with Gasteiger partial charge in [0.25, 0.3) is 5.91 Å². The Morgan fingerprint density at radius 1 is 0.939 bits per heavy atom. The average Bonchev–Trinajstić information content (AvgIpc) is 3.03. The Bertz CT molecular complexity index is 1500. The SMILES string of the molecule is CCOc1ccc(C(=O)Nc2cc3c(cc2S(=O)(=O)c2ccccc2)n(C)c(=O)n3C)cc1. The first-order chi connectivity index (χ1) is 15.7. The van der Waals surface area contributed by atoms with Crippen molar-refractivity contribution in [3.05, 3.63) is 82.8 Å². The Balaban J connectivity index is 1.85. The van der Waals surface area contributed by atoms with Crippen LogP contribution in [0.1, 0.15) is 17.3 Å². The number of imidazole rings is 1. The van der Waals surface area contributed by atoms with Gasteiger partial charge < -0.3 is 10.1 Å². The minimum atomic E-state index is -3.98. The molecule has 9 heteroatoms. The number of sulfone groups is 1. The minimum absolute atomic E-state index is 0.0850. The van der Waals surface area contributed by atoms with Gasteiger partial charge in [0, 0.05) is 19.7 Å². The summed E-state index contributed by atoms with van der Waals surface area (Å²) in [6, 6.07) is 17.4. The topological polar surface area (TPSA) is 99.4 Å². The Morgan fingerprint density at radius 3 is 2.15 bits per heavy atom. The van der Waals surface area contributed by atoms with Crippen LogP contribution in [0.2, 0.25) is 0 Å². The third-order valence-electron chi connectivity index (χ3n) is 5.39. The second-order valence-corrected chi connectivity index (χ2v) is 9.38. The van der Waals surface area contributed by atoms with Crippen molar-refractivity contribution in [2.45, 2.75) is 16.7 Å². The number of rotatable bonds is 6. The molecule has 0 aliphatic carbocycles. The average molecular weight is 466 g/mol. The molecule has 0 bridgehead atoms. The molecule has 0 saturated carbocycles. The lowest BCUT2D eigenvalue weighted by Gasteiger charge is -2.14. The number of benzene rings is 3. The highest BCUT2D eigenvalue weighted by atomic mass is 32.2. The van der Waals surface area contributed by atoms with Gasteiger partial charge in [-0.05, 0) is 55.5 Å². The van der Waals surface area contributed by atoms with Crippen LogP contribution in [0.5, 0.6) is 5.75 Å². The summed E-state index contributed by atoms with van der Waals surface area (Å²) in [7, 11) is -0.820. The van der Waals surface area contributed by atoms with E-state index in [0.717, 1.165) is 0 Å². The van der Waals surface area contributed by atoms with Gasteiger partial charge >= 0.3 is 5.69 Å². The predicted molar refractivity (Wildman–Crippen MR) is 126 cm³/mol. The summed E-state index contributed by atoms with van der Waals surface area (Å²) < 4.78 is 35.1. The number of ether oxygens (including phenoxy) is 1. The van der Waals surface area contributed by atoms with Gasteiger partial charge in [0.2, 0.25) is 9.84 Å². The number of carbonyl (C=O) groups is 1. The van der Waals surface area contributed by atoms with Crippen molar-refractivity contribution in [1.82, 2.24) is 9.13 Å². The molecule has 33 heavy (non-hydrogen) atoms. The number of anilines is 1. The maximum Gasteiger partial charge on any atom is 0.328 e. The van der Waals surface area contributed by atoms with Crippen LogP contribution in [-0.2, 0) is 23.9 Å². The Morgan fingerprint density at radius 2 is 1.55 bits per heavy atom. The highest BCUT2D eigenvalue weighted by molar-refractivity contribution is 7.91. The zero-order chi connectivity index (χ0) is 23.8. The fraction of sp³-hybridized carbons (Fsp3) is 0.167. The Labute approximate surface area is 191 Å².